The smallest absolute Gasteiger partial charge is 0.261 e. The molecule has 0 bridgehead atoms. The summed E-state index contributed by atoms with van der Waals surface area (Å²) < 4.78 is 27.9. The molecule has 0 aliphatic rings. The molecule has 1 aromatic heterocycles. The van der Waals surface area contributed by atoms with E-state index >= 15 is 0 Å². The molecule has 0 aliphatic heterocycles. The molecule has 1 aromatic rings. The second-order valence-corrected chi connectivity index (χ2v) is 6.82. The molecule has 0 saturated carbocycles. The zero-order chi connectivity index (χ0) is 14.6. The largest absolute Gasteiger partial charge is 0.324 e. The standard InChI is InChI=1S/C11H21ClN4O2S/c1-9(2)15(3)7-5-6-14-19(17,18)11-10(12)16(4)8-13-11/h8-9,14H,5-7H2,1-4H3. The molecular formula is C11H21ClN4O2S. The minimum Gasteiger partial charge on any atom is -0.324 e. The number of imidazole rings is 1. The maximum Gasteiger partial charge on any atom is 0.261 e. The van der Waals surface area contributed by atoms with Crippen LogP contribution in [0.5, 0.6) is 0 Å². The van der Waals surface area contributed by atoms with E-state index in [9.17, 15) is 8.42 Å². The SMILES string of the molecule is CC(C)N(C)CCCNS(=O)(=O)c1ncn(C)c1Cl. The molecule has 1 N–H and O–H groups in total. The van der Waals surface area contributed by atoms with Crippen LogP contribution in [0.4, 0.5) is 0 Å². The van der Waals surface area contributed by atoms with E-state index < -0.39 is 10.0 Å². The summed E-state index contributed by atoms with van der Waals surface area (Å²) in [6.07, 6.45) is 2.11. The Bertz CT molecular complexity index is 513. The van der Waals surface area contributed by atoms with Crippen LogP contribution in [0.3, 0.4) is 0 Å². The van der Waals surface area contributed by atoms with E-state index in [0.29, 0.717) is 12.6 Å². The lowest BCUT2D eigenvalue weighted by molar-refractivity contribution is 0.271. The summed E-state index contributed by atoms with van der Waals surface area (Å²) in [7, 11) is 0.0328. The lowest BCUT2D eigenvalue weighted by Gasteiger charge is -2.20. The van der Waals surface area contributed by atoms with Crippen molar-refractivity contribution >= 4 is 21.6 Å². The first kappa shape index (κ1) is 16.4. The van der Waals surface area contributed by atoms with Crippen LogP contribution in [0.15, 0.2) is 11.4 Å². The van der Waals surface area contributed by atoms with Crippen molar-refractivity contribution in [3.8, 4) is 0 Å². The minimum absolute atomic E-state index is 0.117. The van der Waals surface area contributed by atoms with E-state index in [2.05, 4.69) is 28.5 Å². The van der Waals surface area contributed by atoms with Crippen LogP contribution in [-0.4, -0.2) is 49.0 Å². The van der Waals surface area contributed by atoms with Crippen LogP contribution in [-0.2, 0) is 17.1 Å². The Balaban J connectivity index is 2.51. The summed E-state index contributed by atoms with van der Waals surface area (Å²) in [4.78, 5) is 5.95. The number of nitrogens with zero attached hydrogens (tertiary/aromatic N) is 3. The van der Waals surface area contributed by atoms with Gasteiger partial charge in [-0.1, -0.05) is 11.6 Å². The van der Waals surface area contributed by atoms with Gasteiger partial charge in [0.1, 0.15) is 5.15 Å². The van der Waals surface area contributed by atoms with Gasteiger partial charge in [0.2, 0.25) is 5.03 Å². The van der Waals surface area contributed by atoms with Crippen LogP contribution >= 0.6 is 11.6 Å². The van der Waals surface area contributed by atoms with Crippen molar-refractivity contribution < 1.29 is 8.42 Å². The fourth-order valence-electron chi connectivity index (χ4n) is 1.44. The summed E-state index contributed by atoms with van der Waals surface area (Å²) in [5.74, 6) is 0. The number of sulfonamides is 1. The maximum atomic E-state index is 12.0. The molecule has 6 nitrogen and oxygen atoms in total. The zero-order valence-electron chi connectivity index (χ0n) is 11.7. The quantitative estimate of drug-likeness (QED) is 0.766. The van der Waals surface area contributed by atoms with Crippen molar-refractivity contribution in [3.05, 3.63) is 11.5 Å². The highest BCUT2D eigenvalue weighted by Crippen LogP contribution is 2.17. The molecule has 0 fully saturated rings. The Labute approximate surface area is 119 Å². The van der Waals surface area contributed by atoms with Gasteiger partial charge in [0.15, 0.2) is 0 Å². The number of nitrogens with one attached hydrogen (secondary N) is 1. The molecule has 0 aliphatic carbocycles. The van der Waals surface area contributed by atoms with Gasteiger partial charge in [0.25, 0.3) is 10.0 Å². The molecule has 0 atom stereocenters. The molecule has 19 heavy (non-hydrogen) atoms. The molecule has 0 unspecified atom stereocenters. The Morgan fingerprint density at radius 3 is 2.63 bits per heavy atom. The monoisotopic (exact) mass is 308 g/mol. The van der Waals surface area contributed by atoms with Crippen molar-refractivity contribution in [3.63, 3.8) is 0 Å². The molecule has 0 radical (unpaired) electrons. The summed E-state index contributed by atoms with van der Waals surface area (Å²) in [6, 6.07) is 0.446. The summed E-state index contributed by atoms with van der Waals surface area (Å²) in [5, 5.41) is 0.000629. The van der Waals surface area contributed by atoms with Crippen LogP contribution in [0.25, 0.3) is 0 Å². The molecule has 110 valence electrons. The molecule has 0 spiro atoms. The third kappa shape index (κ3) is 4.45. The predicted molar refractivity (Wildman–Crippen MR) is 75.8 cm³/mol. The Kier molecular flexibility index (Phi) is 5.79. The normalized spacial score (nSPS) is 12.6. The Morgan fingerprint density at radius 2 is 2.16 bits per heavy atom. The van der Waals surface area contributed by atoms with Gasteiger partial charge in [-0.3, -0.25) is 0 Å². The number of halogens is 1. The lowest BCUT2D eigenvalue weighted by atomic mass is 10.3. The van der Waals surface area contributed by atoms with Gasteiger partial charge in [0.05, 0.1) is 6.33 Å². The third-order valence-electron chi connectivity index (χ3n) is 2.95. The van der Waals surface area contributed by atoms with Gasteiger partial charge in [-0.05, 0) is 33.9 Å². The molecule has 1 rings (SSSR count). The van der Waals surface area contributed by atoms with Crippen molar-refractivity contribution in [2.45, 2.75) is 31.3 Å². The highest BCUT2D eigenvalue weighted by molar-refractivity contribution is 7.89. The lowest BCUT2D eigenvalue weighted by Crippen LogP contribution is -2.31. The molecule has 1 heterocycles. The second-order valence-electron chi connectivity index (χ2n) is 4.78. The summed E-state index contributed by atoms with van der Waals surface area (Å²) >= 11 is 5.87. The molecule has 0 amide bonds. The number of aromatic nitrogens is 2. The van der Waals surface area contributed by atoms with E-state index in [1.807, 2.05) is 7.05 Å². The first-order valence-electron chi connectivity index (χ1n) is 6.12. The van der Waals surface area contributed by atoms with Gasteiger partial charge in [-0.2, -0.15) is 0 Å². The average Bonchev–Trinajstić information content (AvgIpc) is 2.65. The van der Waals surface area contributed by atoms with Crippen molar-refractivity contribution in [1.82, 2.24) is 19.2 Å². The first-order chi connectivity index (χ1) is 8.75. The topological polar surface area (TPSA) is 67.2 Å². The van der Waals surface area contributed by atoms with Gasteiger partial charge < -0.3 is 9.47 Å². The number of rotatable bonds is 7. The highest BCUT2D eigenvalue weighted by atomic mass is 35.5. The zero-order valence-corrected chi connectivity index (χ0v) is 13.3. The molecular weight excluding hydrogens is 288 g/mol. The Morgan fingerprint density at radius 1 is 1.53 bits per heavy atom. The minimum atomic E-state index is -3.62. The van der Waals surface area contributed by atoms with E-state index in [1.165, 1.54) is 10.9 Å². The molecule has 8 heteroatoms. The molecule has 0 aromatic carbocycles. The van der Waals surface area contributed by atoms with Crippen molar-refractivity contribution in [2.75, 3.05) is 20.1 Å². The van der Waals surface area contributed by atoms with Crippen LogP contribution < -0.4 is 4.72 Å². The van der Waals surface area contributed by atoms with Gasteiger partial charge in [-0.25, -0.2) is 18.1 Å². The van der Waals surface area contributed by atoms with Gasteiger partial charge >= 0.3 is 0 Å². The van der Waals surface area contributed by atoms with Crippen LogP contribution in [0.1, 0.15) is 20.3 Å². The van der Waals surface area contributed by atoms with E-state index in [-0.39, 0.29) is 10.2 Å². The number of aryl methyl sites for hydroxylation is 1. The average molecular weight is 309 g/mol. The summed E-state index contributed by atoms with van der Waals surface area (Å²) in [6.45, 7) is 5.39. The van der Waals surface area contributed by atoms with Crippen molar-refractivity contribution in [1.29, 1.82) is 0 Å². The van der Waals surface area contributed by atoms with Crippen molar-refractivity contribution in [2.24, 2.45) is 7.05 Å². The van der Waals surface area contributed by atoms with Gasteiger partial charge in [-0.15, -0.1) is 0 Å². The highest BCUT2D eigenvalue weighted by Gasteiger charge is 2.21. The van der Waals surface area contributed by atoms with E-state index in [4.69, 9.17) is 11.6 Å². The van der Waals surface area contributed by atoms with Gasteiger partial charge in [0, 0.05) is 19.6 Å². The van der Waals surface area contributed by atoms with Crippen LogP contribution in [0, 0.1) is 0 Å². The molecule has 0 saturated heterocycles. The fourth-order valence-corrected chi connectivity index (χ4v) is 2.93. The number of hydrogen-bond acceptors (Lipinski definition) is 4. The summed E-state index contributed by atoms with van der Waals surface area (Å²) in [5.41, 5.74) is 0. The third-order valence-corrected chi connectivity index (χ3v) is 4.90. The first-order valence-corrected chi connectivity index (χ1v) is 7.98. The fraction of sp³-hybridized carbons (Fsp3) is 0.727. The van der Waals surface area contributed by atoms with E-state index in [0.717, 1.165) is 13.0 Å². The Hall–Kier alpha value is -0.630. The number of hydrogen-bond donors (Lipinski definition) is 1. The second kappa shape index (κ2) is 6.69. The maximum absolute atomic E-state index is 12.0. The van der Waals surface area contributed by atoms with E-state index in [1.54, 1.807) is 7.05 Å². The van der Waals surface area contributed by atoms with Crippen LogP contribution in [0.2, 0.25) is 5.15 Å². The predicted octanol–water partition coefficient (Wildman–Crippen LogP) is 1.08.